The van der Waals surface area contributed by atoms with Crippen molar-refractivity contribution < 1.29 is 8.97 Å². The molecule has 0 saturated heterocycles. The third-order valence-corrected chi connectivity index (χ3v) is 14.1. The Morgan fingerprint density at radius 2 is 0.292 bits per heavy atom. The van der Waals surface area contributed by atoms with Gasteiger partial charge >= 0.3 is 0 Å². The minimum absolute atomic E-state index is 1.05. The zero-order valence-corrected chi connectivity index (χ0v) is 52.5. The Morgan fingerprint density at radius 1 is 0.167 bits per heavy atom. The molecule has 0 saturated carbocycles. The van der Waals surface area contributed by atoms with Crippen LogP contribution in [0.3, 0.4) is 0 Å². The zero-order valence-electron chi connectivity index (χ0n) is 52.5. The van der Waals surface area contributed by atoms with Gasteiger partial charge in [-0.25, -0.2) is 0 Å². The first-order valence-electron chi connectivity index (χ1n) is 29.8. The van der Waals surface area contributed by atoms with Crippen molar-refractivity contribution >= 4 is 0 Å². The van der Waals surface area contributed by atoms with Crippen molar-refractivity contribution in [3.05, 3.63) is 0 Å². The summed E-state index contributed by atoms with van der Waals surface area (Å²) in [6.07, 6.45) is 17.7. The van der Waals surface area contributed by atoms with E-state index in [0.717, 1.165) is 8.97 Å². The fourth-order valence-electron chi connectivity index (χ4n) is 9.96. The molecular weight excluding hydrogens is 893 g/mol. The average molecular weight is 1030 g/mol. The lowest BCUT2D eigenvalue weighted by Crippen LogP contribution is -2.39. The van der Waals surface area contributed by atoms with Crippen LogP contribution in [0.15, 0.2) is 0 Å². The normalized spacial score (nSPS) is 13.2. The van der Waals surface area contributed by atoms with Gasteiger partial charge in [-0.1, -0.05) is 0 Å². The maximum absolute atomic E-state index is 2.89. The highest BCUT2D eigenvalue weighted by molar-refractivity contribution is 4.71. The monoisotopic (exact) mass is 1030 g/mol. The predicted molar refractivity (Wildman–Crippen MR) is 320 cm³/mol. The molecular formula is C58H134N14+2. The third-order valence-electron chi connectivity index (χ3n) is 14.1. The molecule has 0 fully saturated rings. The second-order valence-electron chi connectivity index (χ2n) is 25.8. The van der Waals surface area contributed by atoms with E-state index in [-0.39, 0.29) is 0 Å². The van der Waals surface area contributed by atoms with Crippen LogP contribution in [0.1, 0.15) is 89.9 Å². The van der Waals surface area contributed by atoms with Gasteiger partial charge in [0.05, 0.1) is 55.4 Å². The van der Waals surface area contributed by atoms with E-state index in [1.165, 1.54) is 260 Å². The Labute approximate surface area is 453 Å². The maximum atomic E-state index is 2.89. The van der Waals surface area contributed by atoms with Crippen molar-refractivity contribution in [3.8, 4) is 0 Å². The van der Waals surface area contributed by atoms with Gasteiger partial charge in [0, 0.05) is 25.9 Å². The van der Waals surface area contributed by atoms with Crippen molar-refractivity contribution in [3.63, 3.8) is 0 Å². The number of unbranched alkanes of at least 4 members (excludes halogenated alkanes) is 1. The number of nitrogens with zero attached hydrogens (tertiary/aromatic N) is 14. The summed E-state index contributed by atoms with van der Waals surface area (Å²) in [6, 6.07) is 0. The molecule has 0 bridgehead atoms. The first-order valence-corrected chi connectivity index (χ1v) is 29.8. The molecule has 14 nitrogen and oxygen atoms in total. The molecule has 0 rings (SSSR count). The van der Waals surface area contributed by atoms with E-state index in [0.29, 0.717) is 0 Å². The smallest absolute Gasteiger partial charge is 0.0792 e. The molecule has 0 aliphatic heterocycles. The van der Waals surface area contributed by atoms with Crippen LogP contribution in [0, 0.1) is 0 Å². The molecule has 0 N–H and O–H groups in total. The molecule has 0 spiro atoms. The van der Waals surface area contributed by atoms with Crippen LogP contribution in [-0.2, 0) is 0 Å². The third kappa shape index (κ3) is 50.3. The van der Waals surface area contributed by atoms with Gasteiger partial charge in [0.15, 0.2) is 0 Å². The van der Waals surface area contributed by atoms with Crippen molar-refractivity contribution in [2.24, 2.45) is 0 Å². The van der Waals surface area contributed by atoms with E-state index in [4.69, 9.17) is 0 Å². The molecule has 0 aromatic heterocycles. The van der Waals surface area contributed by atoms with E-state index < -0.39 is 0 Å². The first kappa shape index (κ1) is 71.4. The van der Waals surface area contributed by atoms with Crippen LogP contribution in [0.25, 0.3) is 0 Å². The molecule has 434 valence electrons. The summed E-state index contributed by atoms with van der Waals surface area (Å²) < 4.78 is 2.11. The van der Waals surface area contributed by atoms with Crippen LogP contribution in [0.2, 0.25) is 0 Å². The van der Waals surface area contributed by atoms with Gasteiger partial charge < -0.3 is 67.8 Å². The Kier molecular flexibility index (Phi) is 44.1. The van der Waals surface area contributed by atoms with Crippen LogP contribution >= 0.6 is 0 Å². The van der Waals surface area contributed by atoms with Crippen molar-refractivity contribution in [2.45, 2.75) is 89.9 Å². The predicted octanol–water partition coefficient (Wildman–Crippen LogP) is 5.04. The van der Waals surface area contributed by atoms with Gasteiger partial charge in [0.25, 0.3) is 0 Å². The van der Waals surface area contributed by atoms with Gasteiger partial charge in [-0.3, -0.25) is 0 Å². The summed E-state index contributed by atoms with van der Waals surface area (Å²) >= 11 is 0. The molecule has 0 heterocycles. The van der Waals surface area contributed by atoms with Crippen LogP contribution in [0.4, 0.5) is 0 Å². The van der Waals surface area contributed by atoms with Gasteiger partial charge in [-0.15, -0.1) is 0 Å². The average Bonchev–Trinajstić information content (AvgIpc) is 3.25. The Hall–Kier alpha value is -0.560. The largest absolute Gasteiger partial charge is 0.331 e. The highest BCUT2D eigenvalue weighted by atomic mass is 15.3. The molecule has 0 aliphatic rings. The highest BCUT2D eigenvalue weighted by Crippen LogP contribution is 2.10. The number of quaternary nitrogens is 2. The lowest BCUT2D eigenvalue weighted by Gasteiger charge is -2.30. The molecule has 0 aromatic carbocycles. The maximum Gasteiger partial charge on any atom is 0.0792 e. The van der Waals surface area contributed by atoms with Gasteiger partial charge in [0.1, 0.15) is 0 Å². The topological polar surface area (TPSA) is 38.9 Å². The lowest BCUT2D eigenvalue weighted by atomic mass is 10.2. The minimum Gasteiger partial charge on any atom is -0.331 e. The van der Waals surface area contributed by atoms with Gasteiger partial charge in [-0.2, -0.15) is 0 Å². The fraction of sp³-hybridized carbons (Fsp3) is 1.00. The number of hydrogen-bond acceptors (Lipinski definition) is 12. The second kappa shape index (κ2) is 44.4. The molecule has 0 aliphatic carbocycles. The van der Waals surface area contributed by atoms with Gasteiger partial charge in [0.2, 0.25) is 0 Å². The first-order chi connectivity index (χ1) is 33.9. The van der Waals surface area contributed by atoms with E-state index >= 15 is 0 Å². The van der Waals surface area contributed by atoms with Crippen molar-refractivity contribution in [1.82, 2.24) is 58.8 Å². The summed E-state index contributed by atoms with van der Waals surface area (Å²) in [5.41, 5.74) is 0. The van der Waals surface area contributed by atoms with E-state index in [9.17, 15) is 0 Å². The Morgan fingerprint density at radius 3 is 0.431 bits per heavy atom. The molecule has 0 radical (unpaired) electrons. The lowest BCUT2D eigenvalue weighted by molar-refractivity contribution is -0.870. The quantitative estimate of drug-likeness (QED) is 0.0607. The molecule has 0 amide bonds. The van der Waals surface area contributed by atoms with Crippen molar-refractivity contribution in [1.29, 1.82) is 0 Å². The molecule has 72 heavy (non-hydrogen) atoms. The zero-order chi connectivity index (χ0) is 54.2. The summed E-state index contributed by atoms with van der Waals surface area (Å²) in [5.74, 6) is 0. The van der Waals surface area contributed by atoms with Crippen molar-refractivity contribution in [2.75, 3.05) is 297 Å². The van der Waals surface area contributed by atoms with Crippen LogP contribution < -0.4 is 0 Å². The summed E-state index contributed by atoms with van der Waals surface area (Å²) in [4.78, 5) is 31.0. The standard InChI is InChI=1S/C58H134N14/c1-59(2)33-21-41-67(42-22-34-60(3)4)51-27-47-65(48-28-52-68(43-23-35-61(5)6)44-24-36-62(7)8)39-19-20-40-66(49-29-53-69(45-25-37-63(9)10)55-31-57-71(13,14)15)50-30-54-70(46-26-38-64(11)12)56-32-58-72(16,17)18/h19-58H2,1-18H3/q+2. The summed E-state index contributed by atoms with van der Waals surface area (Å²) in [6.45, 7) is 31.5. The molecule has 0 unspecified atom stereocenters. The second-order valence-corrected chi connectivity index (χ2v) is 25.8. The fourth-order valence-corrected chi connectivity index (χ4v) is 9.96. The Bertz CT molecular complexity index is 1050. The van der Waals surface area contributed by atoms with Crippen LogP contribution in [0.5, 0.6) is 0 Å². The SMILES string of the molecule is CN(C)CCCN(CCCN(C)C)CCCN(CCCCN(CCCN(CCCN(C)C)CCC[N+](C)(C)C)CCCN(CCCN(C)C)CCC[N+](C)(C)C)CCCN(CCCN(C)C)CCCN(C)C. The summed E-state index contributed by atoms with van der Waals surface area (Å²) in [7, 11) is 40.7. The van der Waals surface area contributed by atoms with E-state index in [1.54, 1.807) is 0 Å². The van der Waals surface area contributed by atoms with Gasteiger partial charge in [-0.05, 0) is 306 Å². The van der Waals surface area contributed by atoms with E-state index in [1.807, 2.05) is 0 Å². The van der Waals surface area contributed by atoms with Crippen LogP contribution in [-0.4, -0.2) is 365 Å². The molecule has 14 heteroatoms. The molecule has 0 atom stereocenters. The number of hydrogen-bond donors (Lipinski definition) is 0. The van der Waals surface area contributed by atoms with E-state index in [2.05, 4.69) is 186 Å². The Balaban J connectivity index is 6.13. The summed E-state index contributed by atoms with van der Waals surface area (Å²) in [5, 5.41) is 0. The number of rotatable bonds is 53. The highest BCUT2D eigenvalue weighted by Gasteiger charge is 2.16. The molecule has 0 aromatic rings. The minimum atomic E-state index is 1.05.